The second-order valence-electron chi connectivity index (χ2n) is 6.50. The van der Waals surface area contributed by atoms with Crippen LogP contribution in [0.4, 0.5) is 0 Å². The van der Waals surface area contributed by atoms with E-state index in [9.17, 15) is 16.8 Å². The lowest BCUT2D eigenvalue weighted by Gasteiger charge is -2.26. The predicted molar refractivity (Wildman–Crippen MR) is 103 cm³/mol. The number of hydrogen-bond acceptors (Lipinski definition) is 7. The van der Waals surface area contributed by atoms with Gasteiger partial charge >= 0.3 is 0 Å². The molecule has 0 spiro atoms. The highest BCUT2D eigenvalue weighted by Crippen LogP contribution is 2.32. The molecule has 0 unspecified atom stereocenters. The normalized spacial score (nSPS) is 17.4. The molecule has 2 aromatic rings. The molecule has 2 heterocycles. The second kappa shape index (κ2) is 7.92. The first-order valence-corrected chi connectivity index (χ1v) is 11.8. The van der Waals surface area contributed by atoms with Crippen molar-refractivity contribution in [3.8, 4) is 11.5 Å². The fourth-order valence-electron chi connectivity index (χ4n) is 3.04. The smallest absolute Gasteiger partial charge is 0.243 e. The molecule has 0 radical (unpaired) electrons. The minimum absolute atomic E-state index is 0.0147. The number of morpholine rings is 1. The molecule has 2 aliphatic heterocycles. The van der Waals surface area contributed by atoms with Crippen LogP contribution in [0.25, 0.3) is 0 Å². The van der Waals surface area contributed by atoms with Crippen molar-refractivity contribution >= 4 is 20.0 Å². The second-order valence-corrected chi connectivity index (χ2v) is 10.2. The Morgan fingerprint density at radius 1 is 0.862 bits per heavy atom. The van der Waals surface area contributed by atoms with Gasteiger partial charge in [-0.1, -0.05) is 6.07 Å². The van der Waals surface area contributed by atoms with Gasteiger partial charge in [0.15, 0.2) is 11.5 Å². The molecule has 156 valence electrons. The summed E-state index contributed by atoms with van der Waals surface area (Å²) >= 11 is 0. The number of nitrogens with one attached hydrogen (secondary N) is 1. The first-order valence-electron chi connectivity index (χ1n) is 8.92. The highest BCUT2D eigenvalue weighted by molar-refractivity contribution is 7.89. The summed E-state index contributed by atoms with van der Waals surface area (Å²) < 4.78 is 69.9. The lowest BCUT2D eigenvalue weighted by atomic mass is 10.2. The summed E-state index contributed by atoms with van der Waals surface area (Å²) in [6.45, 7) is 1.45. The van der Waals surface area contributed by atoms with E-state index in [1.165, 1.54) is 28.6 Å². The first kappa shape index (κ1) is 20.1. The quantitative estimate of drug-likeness (QED) is 0.711. The highest BCUT2D eigenvalue weighted by atomic mass is 32.2. The maximum absolute atomic E-state index is 12.6. The standard InChI is InChI=1S/C18H20N2O7S2/c21-28(22,19-12-14-1-6-17-18(11-14)27-13-26-17)15-2-4-16(5-3-15)29(23,24)20-7-9-25-10-8-20/h1-6,11,19H,7-10,12-13H2. The van der Waals surface area contributed by atoms with E-state index in [0.717, 1.165) is 0 Å². The Balaban J connectivity index is 1.46. The van der Waals surface area contributed by atoms with Crippen LogP contribution in [-0.2, 0) is 31.3 Å². The monoisotopic (exact) mass is 440 g/mol. The van der Waals surface area contributed by atoms with Crippen molar-refractivity contribution < 1.29 is 31.0 Å². The summed E-state index contributed by atoms with van der Waals surface area (Å²) in [5, 5.41) is 0. The minimum Gasteiger partial charge on any atom is -0.454 e. The van der Waals surface area contributed by atoms with Crippen molar-refractivity contribution in [2.45, 2.75) is 16.3 Å². The lowest BCUT2D eigenvalue weighted by molar-refractivity contribution is 0.0730. The fraction of sp³-hybridized carbons (Fsp3) is 0.333. The molecule has 1 saturated heterocycles. The van der Waals surface area contributed by atoms with E-state index in [1.54, 1.807) is 18.2 Å². The van der Waals surface area contributed by atoms with E-state index in [1.807, 2.05) is 0 Å². The Morgan fingerprint density at radius 2 is 1.52 bits per heavy atom. The van der Waals surface area contributed by atoms with Gasteiger partial charge in [0.2, 0.25) is 26.8 Å². The minimum atomic E-state index is -3.81. The van der Waals surface area contributed by atoms with E-state index in [2.05, 4.69) is 4.72 Å². The molecule has 11 heteroatoms. The molecule has 29 heavy (non-hydrogen) atoms. The Morgan fingerprint density at radius 3 is 2.24 bits per heavy atom. The van der Waals surface area contributed by atoms with Gasteiger partial charge in [-0.2, -0.15) is 4.31 Å². The lowest BCUT2D eigenvalue weighted by Crippen LogP contribution is -2.40. The molecular formula is C18H20N2O7S2. The third-order valence-electron chi connectivity index (χ3n) is 4.65. The molecule has 1 N–H and O–H groups in total. The fourth-order valence-corrected chi connectivity index (χ4v) is 5.47. The maximum Gasteiger partial charge on any atom is 0.243 e. The van der Waals surface area contributed by atoms with Gasteiger partial charge in [0.25, 0.3) is 0 Å². The Kier molecular flexibility index (Phi) is 5.49. The molecular weight excluding hydrogens is 420 g/mol. The molecule has 0 bridgehead atoms. The number of benzene rings is 2. The third kappa shape index (κ3) is 4.23. The molecule has 4 rings (SSSR count). The SMILES string of the molecule is O=S(=O)(NCc1ccc2c(c1)OCO2)c1ccc(S(=O)(=O)N2CCOCC2)cc1. The largest absolute Gasteiger partial charge is 0.454 e. The van der Waals surface area contributed by atoms with Gasteiger partial charge in [0.1, 0.15) is 0 Å². The van der Waals surface area contributed by atoms with Crippen LogP contribution in [0.1, 0.15) is 5.56 Å². The average molecular weight is 440 g/mol. The Labute approximate surface area is 169 Å². The zero-order chi connectivity index (χ0) is 20.5. The van der Waals surface area contributed by atoms with Gasteiger partial charge in [-0.3, -0.25) is 0 Å². The van der Waals surface area contributed by atoms with E-state index < -0.39 is 20.0 Å². The van der Waals surface area contributed by atoms with Gasteiger partial charge in [0.05, 0.1) is 23.0 Å². The van der Waals surface area contributed by atoms with Crippen LogP contribution >= 0.6 is 0 Å². The van der Waals surface area contributed by atoms with Gasteiger partial charge in [0, 0.05) is 19.6 Å². The topological polar surface area (TPSA) is 111 Å². The van der Waals surface area contributed by atoms with Crippen LogP contribution in [0, 0.1) is 0 Å². The number of hydrogen-bond donors (Lipinski definition) is 1. The molecule has 0 atom stereocenters. The van der Waals surface area contributed by atoms with Crippen molar-refractivity contribution in [2.75, 3.05) is 33.1 Å². The van der Waals surface area contributed by atoms with Crippen LogP contribution in [0.15, 0.2) is 52.3 Å². The molecule has 1 fully saturated rings. The summed E-state index contributed by atoms with van der Waals surface area (Å²) in [5.41, 5.74) is 0.712. The highest BCUT2D eigenvalue weighted by Gasteiger charge is 2.27. The van der Waals surface area contributed by atoms with Crippen molar-refractivity contribution in [2.24, 2.45) is 0 Å². The molecule has 2 aromatic carbocycles. The van der Waals surface area contributed by atoms with E-state index in [4.69, 9.17) is 14.2 Å². The van der Waals surface area contributed by atoms with Gasteiger partial charge in [-0.05, 0) is 42.0 Å². The molecule has 0 amide bonds. The van der Waals surface area contributed by atoms with E-state index in [-0.39, 0.29) is 36.2 Å². The summed E-state index contributed by atoms with van der Waals surface area (Å²) in [6.07, 6.45) is 0. The van der Waals surface area contributed by atoms with Crippen LogP contribution < -0.4 is 14.2 Å². The van der Waals surface area contributed by atoms with Crippen molar-refractivity contribution in [3.05, 3.63) is 48.0 Å². The predicted octanol–water partition coefficient (Wildman–Crippen LogP) is 0.915. The van der Waals surface area contributed by atoms with E-state index >= 15 is 0 Å². The third-order valence-corrected chi connectivity index (χ3v) is 7.98. The number of fused-ring (bicyclic) bond motifs is 1. The number of nitrogens with zero attached hydrogens (tertiary/aromatic N) is 1. The number of sulfonamides is 2. The summed E-state index contributed by atoms with van der Waals surface area (Å²) in [7, 11) is -7.48. The van der Waals surface area contributed by atoms with Gasteiger partial charge in [-0.25, -0.2) is 21.6 Å². The molecule has 2 aliphatic rings. The number of ether oxygens (including phenoxy) is 3. The Hall–Kier alpha value is -2.18. The molecule has 9 nitrogen and oxygen atoms in total. The van der Waals surface area contributed by atoms with E-state index in [0.29, 0.717) is 30.3 Å². The molecule has 0 aliphatic carbocycles. The average Bonchev–Trinajstić information content (AvgIpc) is 3.21. The van der Waals surface area contributed by atoms with Crippen molar-refractivity contribution in [3.63, 3.8) is 0 Å². The van der Waals surface area contributed by atoms with Crippen LogP contribution in [0.5, 0.6) is 11.5 Å². The zero-order valence-corrected chi connectivity index (χ0v) is 17.0. The van der Waals surface area contributed by atoms with Crippen molar-refractivity contribution in [1.82, 2.24) is 9.03 Å². The van der Waals surface area contributed by atoms with Crippen LogP contribution in [0.2, 0.25) is 0 Å². The van der Waals surface area contributed by atoms with Gasteiger partial charge < -0.3 is 14.2 Å². The molecule has 0 aromatic heterocycles. The van der Waals surface area contributed by atoms with Crippen LogP contribution in [0.3, 0.4) is 0 Å². The summed E-state index contributed by atoms with van der Waals surface area (Å²) in [5.74, 6) is 1.19. The summed E-state index contributed by atoms with van der Waals surface area (Å²) in [4.78, 5) is 0.0355. The molecule has 0 saturated carbocycles. The van der Waals surface area contributed by atoms with Gasteiger partial charge in [-0.15, -0.1) is 0 Å². The maximum atomic E-state index is 12.6. The Bertz CT molecular complexity index is 1090. The van der Waals surface area contributed by atoms with Crippen LogP contribution in [-0.4, -0.2) is 54.2 Å². The number of rotatable bonds is 6. The summed E-state index contributed by atoms with van der Waals surface area (Å²) in [6, 6.07) is 10.4. The zero-order valence-electron chi connectivity index (χ0n) is 15.4. The van der Waals surface area contributed by atoms with Crippen molar-refractivity contribution in [1.29, 1.82) is 0 Å². The first-order chi connectivity index (χ1) is 13.9.